The van der Waals surface area contributed by atoms with Gasteiger partial charge >= 0.3 is 0 Å². The number of nitrogens with zero attached hydrogens (tertiary/aromatic N) is 1. The molecule has 0 spiro atoms. The van der Waals surface area contributed by atoms with E-state index < -0.39 is 0 Å². The lowest BCUT2D eigenvalue weighted by Crippen LogP contribution is -2.04. The Kier molecular flexibility index (Phi) is 2.82. The third-order valence-electron chi connectivity index (χ3n) is 3.89. The van der Waals surface area contributed by atoms with Gasteiger partial charge in [0.05, 0.1) is 5.70 Å². The van der Waals surface area contributed by atoms with Crippen LogP contribution in [0.1, 0.15) is 36.4 Å². The first-order chi connectivity index (χ1) is 7.91. The Labute approximate surface area is 103 Å². The van der Waals surface area contributed by atoms with Crippen LogP contribution in [0.25, 0.3) is 0 Å². The summed E-state index contributed by atoms with van der Waals surface area (Å²) >= 11 is 0. The Bertz CT molecular complexity index is 554. The van der Waals surface area contributed by atoms with Gasteiger partial charge in [0, 0.05) is 23.5 Å². The monoisotopic (exact) mass is 228 g/mol. The lowest BCUT2D eigenvalue weighted by Gasteiger charge is -2.04. The summed E-state index contributed by atoms with van der Waals surface area (Å²) in [5.74, 6) is 0. The van der Waals surface area contributed by atoms with Gasteiger partial charge in [-0.25, -0.2) is 0 Å². The number of hydrogen-bond acceptors (Lipinski definition) is 1. The molecule has 2 heteroatoms. The van der Waals surface area contributed by atoms with Crippen molar-refractivity contribution < 1.29 is 0 Å². The maximum Gasteiger partial charge on any atom is 0.0593 e. The van der Waals surface area contributed by atoms with Crippen molar-refractivity contribution in [2.45, 2.75) is 41.0 Å². The van der Waals surface area contributed by atoms with E-state index in [2.05, 4.69) is 51.2 Å². The summed E-state index contributed by atoms with van der Waals surface area (Å²) in [6, 6.07) is 0. The second kappa shape index (κ2) is 4.02. The Morgan fingerprint density at radius 1 is 1.00 bits per heavy atom. The molecule has 0 saturated carbocycles. The number of H-pyrrole nitrogens is 1. The SMILES string of the molecule is C=C1N=C(Cc2c(C)[nH]c(C)c2C)C(C)=C1C. The van der Waals surface area contributed by atoms with Gasteiger partial charge in [-0.2, -0.15) is 0 Å². The number of allylic oxidation sites excluding steroid dienone is 2. The molecule has 0 bridgehead atoms. The number of aliphatic imine (C=N–C) groups is 1. The molecular formula is C15H20N2. The number of hydrogen-bond donors (Lipinski definition) is 1. The van der Waals surface area contributed by atoms with Gasteiger partial charge in [0.25, 0.3) is 0 Å². The summed E-state index contributed by atoms with van der Waals surface area (Å²) in [6.45, 7) is 14.6. The molecule has 2 heterocycles. The molecule has 1 aliphatic rings. The van der Waals surface area contributed by atoms with E-state index in [0.717, 1.165) is 17.8 Å². The van der Waals surface area contributed by atoms with Gasteiger partial charge in [-0.1, -0.05) is 6.58 Å². The first-order valence-electron chi connectivity index (χ1n) is 6.01. The molecule has 1 aliphatic heterocycles. The van der Waals surface area contributed by atoms with Gasteiger partial charge in [0.2, 0.25) is 0 Å². The van der Waals surface area contributed by atoms with Crippen LogP contribution in [0.4, 0.5) is 0 Å². The molecule has 90 valence electrons. The standard InChI is InChI=1S/C15H20N2/c1-8-9(2)15(17-11(8)4)7-14-10(3)12(5)16-13(14)6/h16H,4,7H2,1-3,5-6H3. The van der Waals surface area contributed by atoms with Crippen molar-refractivity contribution in [3.8, 4) is 0 Å². The average Bonchev–Trinajstić information content (AvgIpc) is 2.65. The maximum atomic E-state index is 4.57. The number of aromatic amines is 1. The molecule has 0 unspecified atom stereocenters. The lowest BCUT2D eigenvalue weighted by molar-refractivity contribution is 1.16. The van der Waals surface area contributed by atoms with E-state index >= 15 is 0 Å². The van der Waals surface area contributed by atoms with Crippen molar-refractivity contribution in [3.05, 3.63) is 45.9 Å². The van der Waals surface area contributed by atoms with Gasteiger partial charge in [0.15, 0.2) is 0 Å². The zero-order valence-corrected chi connectivity index (χ0v) is 11.4. The van der Waals surface area contributed by atoms with E-state index in [0.29, 0.717) is 0 Å². The van der Waals surface area contributed by atoms with Crippen LogP contribution in [0, 0.1) is 20.8 Å². The van der Waals surface area contributed by atoms with Gasteiger partial charge < -0.3 is 4.98 Å². The molecule has 1 aromatic rings. The van der Waals surface area contributed by atoms with E-state index in [-0.39, 0.29) is 0 Å². The van der Waals surface area contributed by atoms with E-state index in [4.69, 9.17) is 0 Å². The summed E-state index contributed by atoms with van der Waals surface area (Å²) < 4.78 is 0. The molecule has 0 aromatic carbocycles. The highest BCUT2D eigenvalue weighted by atomic mass is 14.8. The third kappa shape index (κ3) is 1.88. The Morgan fingerprint density at radius 2 is 1.65 bits per heavy atom. The van der Waals surface area contributed by atoms with Gasteiger partial charge in [-0.3, -0.25) is 4.99 Å². The molecule has 17 heavy (non-hydrogen) atoms. The normalized spacial score (nSPS) is 15.8. The smallest absolute Gasteiger partial charge is 0.0593 e. The summed E-state index contributed by atoms with van der Waals surface area (Å²) in [4.78, 5) is 7.97. The van der Waals surface area contributed by atoms with Crippen LogP contribution in [-0.4, -0.2) is 10.7 Å². The van der Waals surface area contributed by atoms with Crippen LogP contribution in [0.5, 0.6) is 0 Å². The van der Waals surface area contributed by atoms with E-state index in [1.54, 1.807) is 0 Å². The zero-order valence-electron chi connectivity index (χ0n) is 11.4. The minimum atomic E-state index is 0.907. The van der Waals surface area contributed by atoms with E-state index in [9.17, 15) is 0 Å². The fraction of sp³-hybridized carbons (Fsp3) is 0.400. The predicted octanol–water partition coefficient (Wildman–Crippen LogP) is 3.79. The predicted molar refractivity (Wildman–Crippen MR) is 73.7 cm³/mol. The van der Waals surface area contributed by atoms with Crippen molar-refractivity contribution in [2.24, 2.45) is 4.99 Å². The van der Waals surface area contributed by atoms with Gasteiger partial charge in [-0.05, 0) is 56.9 Å². The highest BCUT2D eigenvalue weighted by Gasteiger charge is 2.18. The molecule has 2 rings (SSSR count). The van der Waals surface area contributed by atoms with Crippen LogP contribution in [0.3, 0.4) is 0 Å². The van der Waals surface area contributed by atoms with Crippen molar-refractivity contribution in [2.75, 3.05) is 0 Å². The van der Waals surface area contributed by atoms with E-state index in [1.807, 2.05) is 0 Å². The molecule has 0 amide bonds. The number of aromatic nitrogens is 1. The summed E-state index contributed by atoms with van der Waals surface area (Å²) in [7, 11) is 0. The Morgan fingerprint density at radius 3 is 2.06 bits per heavy atom. The van der Waals surface area contributed by atoms with Crippen LogP contribution < -0.4 is 0 Å². The first-order valence-corrected chi connectivity index (χ1v) is 6.01. The Hall–Kier alpha value is -1.57. The van der Waals surface area contributed by atoms with Gasteiger partial charge in [0.1, 0.15) is 0 Å². The summed E-state index contributed by atoms with van der Waals surface area (Å²) in [5.41, 5.74) is 9.84. The van der Waals surface area contributed by atoms with E-state index in [1.165, 1.54) is 33.7 Å². The molecule has 2 nitrogen and oxygen atoms in total. The number of rotatable bonds is 2. The maximum absolute atomic E-state index is 4.57. The number of aryl methyl sites for hydroxylation is 2. The zero-order chi connectivity index (χ0) is 12.7. The Balaban J connectivity index is 2.35. The second-order valence-corrected chi connectivity index (χ2v) is 4.91. The van der Waals surface area contributed by atoms with Gasteiger partial charge in [-0.15, -0.1) is 0 Å². The summed E-state index contributed by atoms with van der Waals surface area (Å²) in [6.07, 6.45) is 0.907. The molecule has 0 fully saturated rings. The lowest BCUT2D eigenvalue weighted by atomic mass is 9.99. The fourth-order valence-electron chi connectivity index (χ4n) is 2.33. The molecular weight excluding hydrogens is 208 g/mol. The highest BCUT2D eigenvalue weighted by molar-refractivity contribution is 6.05. The van der Waals surface area contributed by atoms with Crippen LogP contribution in [-0.2, 0) is 6.42 Å². The van der Waals surface area contributed by atoms with Crippen LogP contribution in [0.2, 0.25) is 0 Å². The minimum absolute atomic E-state index is 0.907. The van der Waals surface area contributed by atoms with Crippen molar-refractivity contribution in [1.82, 2.24) is 4.98 Å². The third-order valence-corrected chi connectivity index (χ3v) is 3.89. The molecule has 0 atom stereocenters. The van der Waals surface area contributed by atoms with Crippen LogP contribution >= 0.6 is 0 Å². The van der Waals surface area contributed by atoms with Crippen molar-refractivity contribution in [3.63, 3.8) is 0 Å². The first kappa shape index (κ1) is 11.9. The molecule has 0 radical (unpaired) electrons. The summed E-state index contributed by atoms with van der Waals surface area (Å²) in [5, 5.41) is 0. The van der Waals surface area contributed by atoms with Crippen molar-refractivity contribution >= 4 is 5.71 Å². The average molecular weight is 228 g/mol. The van der Waals surface area contributed by atoms with Crippen molar-refractivity contribution in [1.29, 1.82) is 0 Å². The number of nitrogens with one attached hydrogen (secondary N) is 1. The highest BCUT2D eigenvalue weighted by Crippen LogP contribution is 2.27. The quantitative estimate of drug-likeness (QED) is 0.798. The molecule has 0 saturated heterocycles. The van der Waals surface area contributed by atoms with Crippen LogP contribution in [0.15, 0.2) is 28.4 Å². The second-order valence-electron chi connectivity index (χ2n) is 4.91. The topological polar surface area (TPSA) is 28.1 Å². The molecule has 0 aliphatic carbocycles. The molecule has 1 aromatic heterocycles. The fourth-order valence-corrected chi connectivity index (χ4v) is 2.33. The minimum Gasteiger partial charge on any atom is -0.362 e. The molecule has 1 N–H and O–H groups in total. The largest absolute Gasteiger partial charge is 0.362 e.